The normalized spacial score (nSPS) is 11.6. The van der Waals surface area contributed by atoms with Crippen molar-refractivity contribution >= 4 is 37.3 Å². The van der Waals surface area contributed by atoms with E-state index in [4.69, 9.17) is 0 Å². The molecule has 1 aromatic heterocycles. The van der Waals surface area contributed by atoms with Gasteiger partial charge in [-0.15, -0.1) is 11.3 Å². The number of aromatic nitrogens is 1. The van der Waals surface area contributed by atoms with E-state index in [1.165, 1.54) is 17.4 Å². The highest BCUT2D eigenvalue weighted by Crippen LogP contribution is 2.27. The van der Waals surface area contributed by atoms with Crippen molar-refractivity contribution in [3.8, 4) is 11.1 Å². The predicted octanol–water partition coefficient (Wildman–Crippen LogP) is 4.26. The van der Waals surface area contributed by atoms with Crippen LogP contribution in [-0.2, 0) is 16.6 Å². The van der Waals surface area contributed by atoms with Crippen LogP contribution in [0.1, 0.15) is 5.01 Å². The second-order valence-corrected chi connectivity index (χ2v) is 8.74. The molecule has 0 radical (unpaired) electrons. The summed E-state index contributed by atoms with van der Waals surface area (Å²) in [7, 11) is -3.73. The Morgan fingerprint density at radius 2 is 1.63 bits per heavy atom. The number of hydrogen-bond donors (Lipinski definition) is 2. The van der Waals surface area contributed by atoms with Crippen molar-refractivity contribution in [1.29, 1.82) is 0 Å². The topological polar surface area (TPSA) is 79.3 Å². The maximum atomic E-state index is 12.7. The van der Waals surface area contributed by atoms with Gasteiger partial charge in [0, 0.05) is 5.69 Å². The molecule has 3 aromatic carbocycles. The first-order chi connectivity index (χ1) is 13.0. The number of nitrogens with zero attached hydrogens (tertiary/aromatic N) is 1. The minimum Gasteiger partial charge on any atom is -0.389 e. The average Bonchev–Trinajstić information content (AvgIpc) is 3.11. The van der Waals surface area contributed by atoms with Gasteiger partial charge in [-0.25, -0.2) is 13.4 Å². The van der Waals surface area contributed by atoms with Gasteiger partial charge in [-0.2, -0.15) is 0 Å². The fourth-order valence-corrected chi connectivity index (χ4v) is 4.65. The monoisotopic (exact) mass is 396 g/mol. The summed E-state index contributed by atoms with van der Waals surface area (Å²) in [6.45, 7) is -0.159. The standard InChI is InChI=1S/C20H16N2O3S2/c23-13-20-21-18-12-17(10-11-19(18)26-20)27(24,25)22-16-8-6-15(7-9-16)14-4-2-1-3-5-14/h1-12,22-23H,13H2. The Kier molecular flexibility index (Phi) is 4.65. The zero-order chi connectivity index (χ0) is 18.9. The molecule has 0 saturated heterocycles. The molecule has 4 aromatic rings. The minimum atomic E-state index is -3.73. The van der Waals surface area contributed by atoms with Gasteiger partial charge in [-0.3, -0.25) is 4.72 Å². The number of rotatable bonds is 5. The number of benzene rings is 3. The molecule has 0 unspecified atom stereocenters. The number of fused-ring (bicyclic) bond motifs is 1. The van der Waals surface area contributed by atoms with Gasteiger partial charge < -0.3 is 5.11 Å². The molecule has 136 valence electrons. The van der Waals surface area contributed by atoms with Crippen LogP contribution in [0.4, 0.5) is 5.69 Å². The van der Waals surface area contributed by atoms with E-state index in [2.05, 4.69) is 9.71 Å². The molecule has 0 bridgehead atoms. The Labute approximate surface area is 161 Å². The molecule has 0 aliphatic rings. The fraction of sp³-hybridized carbons (Fsp3) is 0.0500. The first-order valence-corrected chi connectivity index (χ1v) is 10.5. The lowest BCUT2D eigenvalue weighted by molar-refractivity contribution is 0.281. The van der Waals surface area contributed by atoms with Crippen molar-refractivity contribution in [3.05, 3.63) is 77.8 Å². The van der Waals surface area contributed by atoms with Crippen LogP contribution >= 0.6 is 11.3 Å². The molecule has 0 aliphatic carbocycles. The third-order valence-electron chi connectivity index (χ3n) is 4.09. The molecule has 2 N–H and O–H groups in total. The summed E-state index contributed by atoms with van der Waals surface area (Å²) in [6, 6.07) is 21.9. The average molecular weight is 396 g/mol. The zero-order valence-electron chi connectivity index (χ0n) is 14.2. The van der Waals surface area contributed by atoms with Crippen molar-refractivity contribution in [2.45, 2.75) is 11.5 Å². The fourth-order valence-electron chi connectivity index (χ4n) is 2.77. The molecule has 0 fully saturated rings. The van der Waals surface area contributed by atoms with Gasteiger partial charge in [0.2, 0.25) is 0 Å². The highest BCUT2D eigenvalue weighted by atomic mass is 32.2. The maximum Gasteiger partial charge on any atom is 0.261 e. The zero-order valence-corrected chi connectivity index (χ0v) is 15.8. The van der Waals surface area contributed by atoms with Crippen LogP contribution in [-0.4, -0.2) is 18.5 Å². The molecule has 0 atom stereocenters. The third-order valence-corrected chi connectivity index (χ3v) is 6.49. The van der Waals surface area contributed by atoms with Crippen LogP contribution < -0.4 is 4.72 Å². The van der Waals surface area contributed by atoms with Gasteiger partial charge >= 0.3 is 0 Å². The van der Waals surface area contributed by atoms with Crippen LogP contribution in [0.5, 0.6) is 0 Å². The molecule has 5 nitrogen and oxygen atoms in total. The number of aliphatic hydroxyl groups excluding tert-OH is 1. The molecule has 0 saturated carbocycles. The summed E-state index contributed by atoms with van der Waals surface area (Å²) < 4.78 is 28.8. The summed E-state index contributed by atoms with van der Waals surface area (Å²) in [5.74, 6) is 0. The Bertz CT molecular complexity index is 1190. The van der Waals surface area contributed by atoms with Gasteiger partial charge in [0.05, 0.1) is 21.7 Å². The highest BCUT2D eigenvalue weighted by Gasteiger charge is 2.16. The maximum absolute atomic E-state index is 12.7. The van der Waals surface area contributed by atoms with Gasteiger partial charge in [0.15, 0.2) is 0 Å². The van der Waals surface area contributed by atoms with Crippen molar-refractivity contribution in [1.82, 2.24) is 4.98 Å². The van der Waals surface area contributed by atoms with E-state index in [1.54, 1.807) is 24.3 Å². The molecular weight excluding hydrogens is 380 g/mol. The van der Waals surface area contributed by atoms with E-state index in [9.17, 15) is 13.5 Å². The molecule has 1 heterocycles. The lowest BCUT2D eigenvalue weighted by Crippen LogP contribution is -2.12. The van der Waals surface area contributed by atoms with E-state index in [1.807, 2.05) is 42.5 Å². The van der Waals surface area contributed by atoms with Crippen molar-refractivity contribution < 1.29 is 13.5 Å². The smallest absolute Gasteiger partial charge is 0.261 e. The lowest BCUT2D eigenvalue weighted by Gasteiger charge is -2.09. The minimum absolute atomic E-state index is 0.136. The van der Waals surface area contributed by atoms with E-state index >= 15 is 0 Å². The first kappa shape index (κ1) is 17.7. The van der Waals surface area contributed by atoms with Crippen LogP contribution in [0.15, 0.2) is 77.7 Å². The van der Waals surface area contributed by atoms with Gasteiger partial charge in [-0.1, -0.05) is 42.5 Å². The van der Waals surface area contributed by atoms with Crippen molar-refractivity contribution in [2.24, 2.45) is 0 Å². The van der Waals surface area contributed by atoms with E-state index < -0.39 is 10.0 Å². The third kappa shape index (κ3) is 3.71. The van der Waals surface area contributed by atoms with Gasteiger partial charge in [-0.05, 0) is 41.5 Å². The summed E-state index contributed by atoms with van der Waals surface area (Å²) in [6.07, 6.45) is 0. The Hall–Kier alpha value is -2.74. The number of aliphatic hydroxyl groups is 1. The van der Waals surface area contributed by atoms with Crippen LogP contribution in [0.3, 0.4) is 0 Å². The summed E-state index contributed by atoms with van der Waals surface area (Å²) >= 11 is 1.34. The van der Waals surface area contributed by atoms with Crippen LogP contribution in [0.25, 0.3) is 21.3 Å². The largest absolute Gasteiger partial charge is 0.389 e. The first-order valence-electron chi connectivity index (χ1n) is 8.24. The van der Waals surface area contributed by atoms with Crippen molar-refractivity contribution in [2.75, 3.05) is 4.72 Å². The second kappa shape index (κ2) is 7.11. The van der Waals surface area contributed by atoms with E-state index in [0.29, 0.717) is 16.2 Å². The highest BCUT2D eigenvalue weighted by molar-refractivity contribution is 7.92. The number of sulfonamides is 1. The SMILES string of the molecule is O=S(=O)(Nc1ccc(-c2ccccc2)cc1)c1ccc2sc(CO)nc2c1. The lowest BCUT2D eigenvalue weighted by atomic mass is 10.1. The second-order valence-electron chi connectivity index (χ2n) is 5.94. The summed E-state index contributed by atoms with van der Waals surface area (Å²) in [5, 5.41) is 9.74. The Balaban J connectivity index is 1.59. The number of anilines is 1. The molecule has 7 heteroatoms. The number of thiazole rings is 1. The van der Waals surface area contributed by atoms with E-state index in [0.717, 1.165) is 15.8 Å². The molecule has 0 amide bonds. The molecule has 27 heavy (non-hydrogen) atoms. The molecule has 0 aliphatic heterocycles. The van der Waals surface area contributed by atoms with Crippen molar-refractivity contribution in [3.63, 3.8) is 0 Å². The van der Waals surface area contributed by atoms with Crippen LogP contribution in [0.2, 0.25) is 0 Å². The van der Waals surface area contributed by atoms with Gasteiger partial charge in [0.1, 0.15) is 5.01 Å². The number of nitrogens with one attached hydrogen (secondary N) is 1. The Morgan fingerprint density at radius 3 is 2.33 bits per heavy atom. The van der Waals surface area contributed by atoms with Crippen LogP contribution in [0, 0.1) is 0 Å². The predicted molar refractivity (Wildman–Crippen MR) is 108 cm³/mol. The molecular formula is C20H16N2O3S2. The summed E-state index contributed by atoms with van der Waals surface area (Å²) in [5.41, 5.74) is 3.13. The molecule has 4 rings (SSSR count). The van der Waals surface area contributed by atoms with E-state index in [-0.39, 0.29) is 11.5 Å². The molecule has 0 spiro atoms. The number of hydrogen-bond acceptors (Lipinski definition) is 5. The Morgan fingerprint density at radius 1 is 0.926 bits per heavy atom. The summed E-state index contributed by atoms with van der Waals surface area (Å²) in [4.78, 5) is 4.37. The van der Waals surface area contributed by atoms with Gasteiger partial charge in [0.25, 0.3) is 10.0 Å². The quantitative estimate of drug-likeness (QED) is 0.528.